The van der Waals surface area contributed by atoms with Gasteiger partial charge in [-0.3, -0.25) is 4.79 Å². The van der Waals surface area contributed by atoms with Crippen molar-refractivity contribution in [2.75, 3.05) is 11.1 Å². The molecule has 0 spiro atoms. The fourth-order valence-electron chi connectivity index (χ4n) is 1.27. The highest BCUT2D eigenvalue weighted by atomic mass is 127. The van der Waals surface area contributed by atoms with Gasteiger partial charge in [0.05, 0.1) is 11.4 Å². The van der Waals surface area contributed by atoms with Gasteiger partial charge in [-0.15, -0.1) is 11.3 Å². The maximum Gasteiger partial charge on any atom is 0.267 e. The van der Waals surface area contributed by atoms with Crippen LogP contribution in [0.4, 0.5) is 11.4 Å². The van der Waals surface area contributed by atoms with E-state index in [2.05, 4.69) is 43.8 Å². The number of hydrogen-bond donors (Lipinski definition) is 2. The van der Waals surface area contributed by atoms with Crippen molar-refractivity contribution in [2.45, 2.75) is 0 Å². The Bertz CT molecular complexity index is 570. The number of thiophene rings is 1. The van der Waals surface area contributed by atoms with Crippen molar-refractivity contribution in [3.63, 3.8) is 0 Å². The molecule has 0 radical (unpaired) electrons. The molecule has 1 heterocycles. The zero-order valence-electron chi connectivity index (χ0n) is 8.54. The second-order valence-corrected chi connectivity index (χ2v) is 6.30. The van der Waals surface area contributed by atoms with E-state index in [-0.39, 0.29) is 5.91 Å². The first-order valence-electron chi connectivity index (χ1n) is 4.67. The van der Waals surface area contributed by atoms with Crippen LogP contribution in [0, 0.1) is 3.57 Å². The molecule has 6 heteroatoms. The van der Waals surface area contributed by atoms with Crippen molar-refractivity contribution < 1.29 is 4.79 Å². The molecule has 3 nitrogen and oxygen atoms in total. The molecule has 0 aliphatic carbocycles. The SMILES string of the molecule is Nc1ccsc1C(=O)Nc1ccc(I)cc1Br. The predicted octanol–water partition coefficient (Wildman–Crippen LogP) is 3.95. The average molecular weight is 423 g/mol. The van der Waals surface area contributed by atoms with Crippen molar-refractivity contribution in [1.29, 1.82) is 0 Å². The lowest BCUT2D eigenvalue weighted by Gasteiger charge is -2.07. The Morgan fingerprint density at radius 1 is 1.41 bits per heavy atom. The van der Waals surface area contributed by atoms with Gasteiger partial charge in [0, 0.05) is 8.04 Å². The number of nitrogen functional groups attached to an aromatic ring is 1. The van der Waals surface area contributed by atoms with Crippen LogP contribution < -0.4 is 11.1 Å². The van der Waals surface area contributed by atoms with Gasteiger partial charge >= 0.3 is 0 Å². The topological polar surface area (TPSA) is 55.1 Å². The van der Waals surface area contributed by atoms with Gasteiger partial charge in [0.15, 0.2) is 0 Å². The summed E-state index contributed by atoms with van der Waals surface area (Å²) in [4.78, 5) is 12.5. The molecule has 0 aliphatic rings. The molecule has 2 aromatic rings. The molecular weight excluding hydrogens is 415 g/mol. The molecular formula is C11H8BrIN2OS. The van der Waals surface area contributed by atoms with Crippen LogP contribution in [0.3, 0.4) is 0 Å². The van der Waals surface area contributed by atoms with Crippen LogP contribution >= 0.6 is 49.9 Å². The number of nitrogens with one attached hydrogen (secondary N) is 1. The van der Waals surface area contributed by atoms with Crippen molar-refractivity contribution in [3.8, 4) is 0 Å². The minimum atomic E-state index is -0.181. The summed E-state index contributed by atoms with van der Waals surface area (Å²) in [6.45, 7) is 0. The molecule has 88 valence electrons. The third-order valence-electron chi connectivity index (χ3n) is 2.08. The number of benzene rings is 1. The summed E-state index contributed by atoms with van der Waals surface area (Å²) in [7, 11) is 0. The van der Waals surface area contributed by atoms with Crippen LogP contribution in [-0.2, 0) is 0 Å². The third kappa shape index (κ3) is 2.99. The zero-order valence-corrected chi connectivity index (χ0v) is 13.1. The summed E-state index contributed by atoms with van der Waals surface area (Å²) in [6, 6.07) is 7.45. The average Bonchev–Trinajstić information content (AvgIpc) is 2.68. The van der Waals surface area contributed by atoms with Gasteiger partial charge in [0.2, 0.25) is 0 Å². The van der Waals surface area contributed by atoms with Crippen molar-refractivity contribution in [1.82, 2.24) is 0 Å². The molecule has 2 rings (SSSR count). The number of nitrogens with two attached hydrogens (primary N) is 1. The van der Waals surface area contributed by atoms with E-state index in [4.69, 9.17) is 5.73 Å². The van der Waals surface area contributed by atoms with Crippen LogP contribution in [-0.4, -0.2) is 5.91 Å². The lowest BCUT2D eigenvalue weighted by molar-refractivity contribution is 0.103. The Hall–Kier alpha value is -0.600. The van der Waals surface area contributed by atoms with Gasteiger partial charge in [-0.2, -0.15) is 0 Å². The van der Waals surface area contributed by atoms with Crippen LogP contribution in [0.2, 0.25) is 0 Å². The molecule has 0 unspecified atom stereocenters. The maximum atomic E-state index is 11.9. The normalized spacial score (nSPS) is 10.2. The zero-order chi connectivity index (χ0) is 12.4. The fourth-order valence-corrected chi connectivity index (χ4v) is 3.38. The summed E-state index contributed by atoms with van der Waals surface area (Å²) in [5.74, 6) is -0.181. The second kappa shape index (κ2) is 5.36. The van der Waals surface area contributed by atoms with Gasteiger partial charge in [0.25, 0.3) is 5.91 Å². The molecule has 1 amide bonds. The summed E-state index contributed by atoms with van der Waals surface area (Å²) in [5, 5.41) is 4.62. The summed E-state index contributed by atoms with van der Waals surface area (Å²) in [6.07, 6.45) is 0. The highest BCUT2D eigenvalue weighted by Gasteiger charge is 2.12. The molecule has 0 saturated heterocycles. The van der Waals surface area contributed by atoms with E-state index in [1.165, 1.54) is 11.3 Å². The number of anilines is 2. The van der Waals surface area contributed by atoms with Gasteiger partial charge in [-0.1, -0.05) is 0 Å². The molecule has 0 aliphatic heterocycles. The molecule has 1 aromatic carbocycles. The van der Waals surface area contributed by atoms with Gasteiger partial charge in [0.1, 0.15) is 4.88 Å². The summed E-state index contributed by atoms with van der Waals surface area (Å²) in [5.41, 5.74) is 6.94. The van der Waals surface area contributed by atoms with E-state index in [9.17, 15) is 4.79 Å². The molecule has 0 fully saturated rings. The van der Waals surface area contributed by atoms with E-state index in [0.29, 0.717) is 10.6 Å². The Morgan fingerprint density at radius 3 is 2.76 bits per heavy atom. The first kappa shape index (κ1) is 12.8. The van der Waals surface area contributed by atoms with Crippen LogP contribution in [0.5, 0.6) is 0 Å². The molecule has 0 bridgehead atoms. The van der Waals surface area contributed by atoms with Crippen LogP contribution in [0.1, 0.15) is 9.67 Å². The van der Waals surface area contributed by atoms with Crippen LogP contribution in [0.15, 0.2) is 34.1 Å². The van der Waals surface area contributed by atoms with Crippen molar-refractivity contribution in [3.05, 3.63) is 42.6 Å². The van der Waals surface area contributed by atoms with E-state index < -0.39 is 0 Å². The monoisotopic (exact) mass is 422 g/mol. The molecule has 17 heavy (non-hydrogen) atoms. The van der Waals surface area contributed by atoms with E-state index in [1.54, 1.807) is 11.4 Å². The minimum absolute atomic E-state index is 0.181. The van der Waals surface area contributed by atoms with Gasteiger partial charge in [-0.25, -0.2) is 0 Å². The Balaban J connectivity index is 2.22. The smallest absolute Gasteiger partial charge is 0.267 e. The minimum Gasteiger partial charge on any atom is -0.397 e. The maximum absolute atomic E-state index is 11.9. The van der Waals surface area contributed by atoms with E-state index in [1.807, 2.05) is 18.2 Å². The lowest BCUT2D eigenvalue weighted by Crippen LogP contribution is -2.12. The molecule has 0 saturated carbocycles. The van der Waals surface area contributed by atoms with Crippen LogP contribution in [0.25, 0.3) is 0 Å². The molecule has 1 aromatic heterocycles. The summed E-state index contributed by atoms with van der Waals surface area (Å²) >= 11 is 6.95. The van der Waals surface area contributed by atoms with Crippen molar-refractivity contribution >= 4 is 67.1 Å². The number of carbonyl (C=O) groups is 1. The largest absolute Gasteiger partial charge is 0.397 e. The molecule has 3 N–H and O–H groups in total. The Morgan fingerprint density at radius 2 is 2.18 bits per heavy atom. The number of halogens is 2. The predicted molar refractivity (Wildman–Crippen MR) is 83.5 cm³/mol. The first-order valence-corrected chi connectivity index (χ1v) is 7.42. The lowest BCUT2D eigenvalue weighted by atomic mass is 10.3. The summed E-state index contributed by atoms with van der Waals surface area (Å²) < 4.78 is 1.95. The van der Waals surface area contributed by atoms with E-state index in [0.717, 1.165) is 13.7 Å². The van der Waals surface area contributed by atoms with Gasteiger partial charge < -0.3 is 11.1 Å². The first-order chi connectivity index (χ1) is 8.08. The Labute approximate surface area is 125 Å². The quantitative estimate of drug-likeness (QED) is 0.720. The number of rotatable bonds is 2. The third-order valence-corrected chi connectivity index (χ3v) is 4.34. The highest BCUT2D eigenvalue weighted by molar-refractivity contribution is 14.1. The Kier molecular flexibility index (Phi) is 4.05. The molecule has 0 atom stereocenters. The number of amides is 1. The fraction of sp³-hybridized carbons (Fsp3) is 0. The van der Waals surface area contributed by atoms with E-state index >= 15 is 0 Å². The second-order valence-electron chi connectivity index (χ2n) is 3.28. The number of carbonyl (C=O) groups excluding carboxylic acids is 1. The number of hydrogen-bond acceptors (Lipinski definition) is 3. The van der Waals surface area contributed by atoms with Crippen molar-refractivity contribution in [2.24, 2.45) is 0 Å². The standard InChI is InChI=1S/C11H8BrIN2OS/c12-7-5-6(13)1-2-9(7)15-11(16)10-8(14)3-4-17-10/h1-5H,14H2,(H,15,16). The van der Waals surface area contributed by atoms with Gasteiger partial charge in [-0.05, 0) is 68.2 Å². The highest BCUT2D eigenvalue weighted by Crippen LogP contribution is 2.26.